The second-order valence-electron chi connectivity index (χ2n) is 6.08. The topological polar surface area (TPSA) is 57.6 Å². The molecule has 4 nitrogen and oxygen atoms in total. The van der Waals surface area contributed by atoms with Crippen LogP contribution in [0.4, 0.5) is 10.1 Å². The molecule has 23 heavy (non-hydrogen) atoms. The van der Waals surface area contributed by atoms with E-state index in [0.717, 1.165) is 31.7 Å². The van der Waals surface area contributed by atoms with Crippen LogP contribution in [0.5, 0.6) is 0 Å². The van der Waals surface area contributed by atoms with Gasteiger partial charge in [-0.3, -0.25) is 14.5 Å². The van der Waals surface area contributed by atoms with Crippen LogP contribution in [0.15, 0.2) is 29.5 Å². The second kappa shape index (κ2) is 5.96. The molecule has 1 saturated carbocycles. The largest absolute Gasteiger partial charge is 0.503 e. The molecule has 1 atom stereocenters. The Morgan fingerprint density at radius 1 is 1.35 bits per heavy atom. The van der Waals surface area contributed by atoms with Crippen LogP contribution in [-0.4, -0.2) is 22.8 Å². The number of carbonyl (C=O) groups is 2. The lowest BCUT2D eigenvalue weighted by Gasteiger charge is -2.31. The predicted octanol–water partition coefficient (Wildman–Crippen LogP) is 3.79. The van der Waals surface area contributed by atoms with Gasteiger partial charge in [-0.15, -0.1) is 0 Å². The van der Waals surface area contributed by atoms with Crippen LogP contribution in [0, 0.1) is 11.7 Å². The smallest absolute Gasteiger partial charge is 0.294 e. The standard InChI is InChI=1S/C17H17ClFNO3/c1-9(21)14-15(10-4-2-3-5-10)20(17(23)16(14)22)13-7-6-11(18)8-12(13)19/h6-8,10,15,22H,2-5H2,1H3/t15-/m0/s1. The molecule has 1 N–H and O–H groups in total. The predicted molar refractivity (Wildman–Crippen MR) is 85.0 cm³/mol. The first-order valence-corrected chi connectivity index (χ1v) is 8.02. The number of carbonyl (C=O) groups excluding carboxylic acids is 2. The highest BCUT2D eigenvalue weighted by Gasteiger charge is 2.47. The van der Waals surface area contributed by atoms with E-state index in [1.165, 1.54) is 24.0 Å². The van der Waals surface area contributed by atoms with Crippen molar-refractivity contribution in [2.75, 3.05) is 4.90 Å². The van der Waals surface area contributed by atoms with E-state index in [2.05, 4.69) is 0 Å². The Balaban J connectivity index is 2.10. The van der Waals surface area contributed by atoms with Crippen molar-refractivity contribution in [3.8, 4) is 0 Å². The van der Waals surface area contributed by atoms with Gasteiger partial charge in [-0.25, -0.2) is 4.39 Å². The quantitative estimate of drug-likeness (QED) is 0.913. The molecular formula is C17H17ClFNO3. The average Bonchev–Trinajstić information content (AvgIpc) is 3.08. The van der Waals surface area contributed by atoms with Crippen molar-refractivity contribution in [1.29, 1.82) is 0 Å². The first-order valence-electron chi connectivity index (χ1n) is 7.64. The molecule has 0 spiro atoms. The third-order valence-corrected chi connectivity index (χ3v) is 4.88. The molecule has 1 aromatic rings. The zero-order valence-corrected chi connectivity index (χ0v) is 13.4. The molecular weight excluding hydrogens is 321 g/mol. The Kier molecular flexibility index (Phi) is 4.15. The van der Waals surface area contributed by atoms with E-state index in [4.69, 9.17) is 11.6 Å². The molecule has 1 fully saturated rings. The molecule has 1 aliphatic carbocycles. The van der Waals surface area contributed by atoms with Crippen LogP contribution in [0.2, 0.25) is 5.02 Å². The number of Topliss-reactive ketones (excluding diaryl/α,β-unsaturated/α-hetero) is 1. The van der Waals surface area contributed by atoms with E-state index in [0.29, 0.717) is 0 Å². The van der Waals surface area contributed by atoms with Gasteiger partial charge in [0.1, 0.15) is 5.82 Å². The molecule has 1 aromatic carbocycles. The summed E-state index contributed by atoms with van der Waals surface area (Å²) < 4.78 is 14.3. The maximum atomic E-state index is 14.3. The van der Waals surface area contributed by atoms with Crippen molar-refractivity contribution in [3.05, 3.63) is 40.4 Å². The van der Waals surface area contributed by atoms with Crippen molar-refractivity contribution < 1.29 is 19.1 Å². The highest BCUT2D eigenvalue weighted by Crippen LogP contribution is 2.41. The summed E-state index contributed by atoms with van der Waals surface area (Å²) in [7, 11) is 0. The lowest BCUT2D eigenvalue weighted by molar-refractivity contribution is -0.117. The van der Waals surface area contributed by atoms with Crippen molar-refractivity contribution in [2.45, 2.75) is 38.6 Å². The summed E-state index contributed by atoms with van der Waals surface area (Å²) in [5, 5.41) is 10.4. The van der Waals surface area contributed by atoms with E-state index in [1.807, 2.05) is 0 Å². The molecule has 1 aliphatic heterocycles. The number of hydrogen-bond acceptors (Lipinski definition) is 3. The fraction of sp³-hybridized carbons (Fsp3) is 0.412. The minimum Gasteiger partial charge on any atom is -0.503 e. The third-order valence-electron chi connectivity index (χ3n) is 4.65. The van der Waals surface area contributed by atoms with Gasteiger partial charge >= 0.3 is 0 Å². The van der Waals surface area contributed by atoms with Crippen molar-refractivity contribution in [2.24, 2.45) is 5.92 Å². The summed E-state index contributed by atoms with van der Waals surface area (Å²) in [5.41, 5.74) is 0.135. The number of rotatable bonds is 3. The van der Waals surface area contributed by atoms with E-state index in [9.17, 15) is 19.1 Å². The average molecular weight is 338 g/mol. The molecule has 1 amide bonds. The SMILES string of the molecule is CC(=O)C1=C(O)C(=O)N(c2ccc(Cl)cc2F)[C@H]1C1CCCC1. The number of ketones is 1. The van der Waals surface area contributed by atoms with Crippen molar-refractivity contribution in [3.63, 3.8) is 0 Å². The number of nitrogens with zero attached hydrogens (tertiary/aromatic N) is 1. The summed E-state index contributed by atoms with van der Waals surface area (Å²) in [6, 6.07) is 3.41. The zero-order valence-electron chi connectivity index (χ0n) is 12.7. The van der Waals surface area contributed by atoms with Gasteiger partial charge < -0.3 is 5.11 Å². The Morgan fingerprint density at radius 3 is 2.57 bits per heavy atom. The fourth-order valence-corrected chi connectivity index (χ4v) is 3.81. The maximum Gasteiger partial charge on any atom is 0.294 e. The molecule has 122 valence electrons. The summed E-state index contributed by atoms with van der Waals surface area (Å²) in [5.74, 6) is -2.26. The van der Waals surface area contributed by atoms with Crippen LogP contribution in [0.3, 0.4) is 0 Å². The number of amides is 1. The van der Waals surface area contributed by atoms with E-state index < -0.39 is 23.5 Å². The molecule has 0 bridgehead atoms. The minimum atomic E-state index is -0.728. The van der Waals surface area contributed by atoms with Gasteiger partial charge in [0.05, 0.1) is 17.3 Å². The normalized spacial score (nSPS) is 22.3. The van der Waals surface area contributed by atoms with E-state index in [1.54, 1.807) is 0 Å². The lowest BCUT2D eigenvalue weighted by atomic mass is 9.90. The molecule has 0 unspecified atom stereocenters. The Hall–Kier alpha value is -1.88. The van der Waals surface area contributed by atoms with Crippen LogP contribution in [-0.2, 0) is 9.59 Å². The first-order chi connectivity index (χ1) is 10.9. The summed E-state index contributed by atoms with van der Waals surface area (Å²) >= 11 is 5.77. The first kappa shape index (κ1) is 16.0. The van der Waals surface area contributed by atoms with Gasteiger partial charge in [-0.1, -0.05) is 24.4 Å². The Labute approximate surface area is 138 Å². The van der Waals surface area contributed by atoms with Gasteiger partial charge in [-0.05, 0) is 43.9 Å². The van der Waals surface area contributed by atoms with E-state index in [-0.39, 0.29) is 28.0 Å². The molecule has 0 saturated heterocycles. The monoisotopic (exact) mass is 337 g/mol. The van der Waals surface area contributed by atoms with Crippen LogP contribution >= 0.6 is 11.6 Å². The molecule has 3 rings (SSSR count). The van der Waals surface area contributed by atoms with Crippen molar-refractivity contribution >= 4 is 29.0 Å². The molecule has 1 heterocycles. The maximum absolute atomic E-state index is 14.3. The Bertz CT molecular complexity index is 710. The van der Waals surface area contributed by atoms with Gasteiger partial charge in [0.25, 0.3) is 5.91 Å². The lowest BCUT2D eigenvalue weighted by Crippen LogP contribution is -2.41. The Morgan fingerprint density at radius 2 is 2.00 bits per heavy atom. The zero-order chi connectivity index (χ0) is 16.7. The summed E-state index contributed by atoms with van der Waals surface area (Å²) in [4.78, 5) is 25.7. The molecule has 6 heteroatoms. The molecule has 0 aromatic heterocycles. The highest BCUT2D eigenvalue weighted by molar-refractivity contribution is 6.30. The van der Waals surface area contributed by atoms with Crippen LogP contribution < -0.4 is 4.90 Å². The molecule has 2 aliphatic rings. The van der Waals surface area contributed by atoms with Crippen LogP contribution in [0.25, 0.3) is 0 Å². The number of aliphatic hydroxyl groups excluding tert-OH is 1. The number of aliphatic hydroxyl groups is 1. The van der Waals surface area contributed by atoms with Gasteiger partial charge in [0, 0.05) is 5.02 Å². The minimum absolute atomic E-state index is 0.0394. The summed E-state index contributed by atoms with van der Waals surface area (Å²) in [6.07, 6.45) is 3.68. The number of benzene rings is 1. The van der Waals surface area contributed by atoms with E-state index >= 15 is 0 Å². The second-order valence-corrected chi connectivity index (χ2v) is 6.52. The van der Waals surface area contributed by atoms with Gasteiger partial charge in [0.15, 0.2) is 11.5 Å². The number of halogens is 2. The van der Waals surface area contributed by atoms with Crippen molar-refractivity contribution in [1.82, 2.24) is 0 Å². The fourth-order valence-electron chi connectivity index (χ4n) is 3.66. The van der Waals surface area contributed by atoms with Crippen LogP contribution in [0.1, 0.15) is 32.6 Å². The van der Waals surface area contributed by atoms with Gasteiger partial charge in [0.2, 0.25) is 0 Å². The highest BCUT2D eigenvalue weighted by atomic mass is 35.5. The molecule has 0 radical (unpaired) electrons. The number of anilines is 1. The number of hydrogen-bond donors (Lipinski definition) is 1. The van der Waals surface area contributed by atoms with Gasteiger partial charge in [-0.2, -0.15) is 0 Å². The third kappa shape index (κ3) is 2.63. The summed E-state index contributed by atoms with van der Waals surface area (Å²) in [6.45, 7) is 1.32.